The summed E-state index contributed by atoms with van der Waals surface area (Å²) in [6, 6.07) is 6.55. The van der Waals surface area contributed by atoms with Crippen LogP contribution in [0.15, 0.2) is 39.7 Å². The lowest BCUT2D eigenvalue weighted by Gasteiger charge is -2.26. The van der Waals surface area contributed by atoms with Crippen LogP contribution in [-0.4, -0.2) is 38.7 Å². The number of carbonyl (C=O) groups excluding carboxylic acids is 1. The fourth-order valence-electron chi connectivity index (χ4n) is 3.23. The summed E-state index contributed by atoms with van der Waals surface area (Å²) >= 11 is 0. The second-order valence-electron chi connectivity index (χ2n) is 5.94. The molecule has 1 aliphatic rings. The van der Waals surface area contributed by atoms with E-state index in [4.69, 9.17) is 18.6 Å². The minimum absolute atomic E-state index is 0.00446. The lowest BCUT2D eigenvalue weighted by atomic mass is 10.0. The van der Waals surface area contributed by atoms with E-state index in [1.165, 1.54) is 13.2 Å². The molecule has 0 N–H and O–H groups in total. The Kier molecular flexibility index (Phi) is 5.16. The smallest absolute Gasteiger partial charge is 0.290 e. The van der Waals surface area contributed by atoms with Gasteiger partial charge in [-0.05, 0) is 25.0 Å². The third kappa shape index (κ3) is 3.24. The number of hydrogen-bond acceptors (Lipinski definition) is 6. The Balaban J connectivity index is 1.92. The van der Waals surface area contributed by atoms with Crippen LogP contribution in [0, 0.1) is 0 Å². The molecule has 138 valence electrons. The van der Waals surface area contributed by atoms with Crippen molar-refractivity contribution in [2.24, 2.45) is 0 Å². The van der Waals surface area contributed by atoms with Crippen molar-refractivity contribution >= 4 is 5.91 Å². The van der Waals surface area contributed by atoms with E-state index in [9.17, 15) is 9.59 Å². The Hall–Kier alpha value is -2.96. The van der Waals surface area contributed by atoms with E-state index in [0.717, 1.165) is 24.7 Å². The van der Waals surface area contributed by atoms with Crippen molar-refractivity contribution in [1.82, 2.24) is 4.90 Å². The fraction of sp³-hybridized carbons (Fsp3) is 0.368. The van der Waals surface area contributed by atoms with Gasteiger partial charge in [-0.15, -0.1) is 0 Å². The molecule has 26 heavy (non-hydrogen) atoms. The van der Waals surface area contributed by atoms with E-state index in [0.29, 0.717) is 18.0 Å². The first-order valence-corrected chi connectivity index (χ1v) is 8.28. The summed E-state index contributed by atoms with van der Waals surface area (Å²) in [7, 11) is 4.55. The molecule has 1 aromatic carbocycles. The highest BCUT2D eigenvalue weighted by Crippen LogP contribution is 2.39. The minimum atomic E-state index is -0.389. The maximum atomic E-state index is 12.9. The quantitative estimate of drug-likeness (QED) is 0.817. The summed E-state index contributed by atoms with van der Waals surface area (Å²) in [5, 5.41) is 0. The van der Waals surface area contributed by atoms with Gasteiger partial charge in [-0.2, -0.15) is 0 Å². The number of rotatable bonds is 5. The highest BCUT2D eigenvalue weighted by Gasteiger charge is 2.33. The SMILES string of the molecule is COc1ccc([C@@H]2CCCN2C(=O)c2cc(=O)c(OC)co2)c(OC)c1. The number of methoxy groups -OCH3 is 3. The number of benzene rings is 1. The second-order valence-corrected chi connectivity index (χ2v) is 5.94. The molecule has 0 saturated carbocycles. The number of likely N-dealkylation sites (tertiary alicyclic amines) is 1. The van der Waals surface area contributed by atoms with Crippen LogP contribution < -0.4 is 19.6 Å². The van der Waals surface area contributed by atoms with E-state index in [2.05, 4.69) is 0 Å². The Morgan fingerprint density at radius 2 is 1.88 bits per heavy atom. The summed E-state index contributed by atoms with van der Waals surface area (Å²) in [6.07, 6.45) is 2.81. The van der Waals surface area contributed by atoms with Gasteiger partial charge in [-0.1, -0.05) is 0 Å². The van der Waals surface area contributed by atoms with Gasteiger partial charge in [0, 0.05) is 24.2 Å². The van der Waals surface area contributed by atoms with E-state index in [-0.39, 0.29) is 28.9 Å². The summed E-state index contributed by atoms with van der Waals surface area (Å²) in [5.41, 5.74) is 0.509. The molecular formula is C19H21NO6. The highest BCUT2D eigenvalue weighted by molar-refractivity contribution is 5.92. The zero-order valence-electron chi connectivity index (χ0n) is 15.0. The van der Waals surface area contributed by atoms with Gasteiger partial charge in [0.2, 0.25) is 11.2 Å². The number of amides is 1. The normalized spacial score (nSPS) is 16.4. The lowest BCUT2D eigenvalue weighted by molar-refractivity contribution is 0.0698. The number of hydrogen-bond donors (Lipinski definition) is 0. The average molecular weight is 359 g/mol. The lowest BCUT2D eigenvalue weighted by Crippen LogP contribution is -2.31. The molecular weight excluding hydrogens is 338 g/mol. The number of ether oxygens (including phenoxy) is 3. The minimum Gasteiger partial charge on any atom is -0.497 e. The molecule has 0 aliphatic carbocycles. The molecule has 3 rings (SSSR count). The van der Waals surface area contributed by atoms with Crippen LogP contribution in [0.25, 0.3) is 0 Å². The molecule has 1 fully saturated rings. The zero-order valence-corrected chi connectivity index (χ0v) is 15.0. The van der Waals surface area contributed by atoms with Crippen molar-refractivity contribution in [2.45, 2.75) is 18.9 Å². The molecule has 1 atom stereocenters. The Morgan fingerprint density at radius 3 is 2.54 bits per heavy atom. The van der Waals surface area contributed by atoms with Crippen LogP contribution in [0.4, 0.5) is 0 Å². The van der Waals surface area contributed by atoms with Gasteiger partial charge < -0.3 is 23.5 Å². The molecule has 1 aromatic heterocycles. The van der Waals surface area contributed by atoms with Gasteiger partial charge in [0.05, 0.1) is 27.4 Å². The fourth-order valence-corrected chi connectivity index (χ4v) is 3.23. The van der Waals surface area contributed by atoms with Crippen molar-refractivity contribution in [3.05, 3.63) is 52.1 Å². The van der Waals surface area contributed by atoms with Gasteiger partial charge in [0.15, 0.2) is 5.76 Å². The topological polar surface area (TPSA) is 78.2 Å². The largest absolute Gasteiger partial charge is 0.497 e. The van der Waals surface area contributed by atoms with Crippen molar-refractivity contribution in [2.75, 3.05) is 27.9 Å². The first-order valence-electron chi connectivity index (χ1n) is 8.28. The van der Waals surface area contributed by atoms with Crippen molar-refractivity contribution < 1.29 is 23.4 Å². The van der Waals surface area contributed by atoms with Crippen molar-refractivity contribution in [3.8, 4) is 17.2 Å². The zero-order chi connectivity index (χ0) is 18.7. The van der Waals surface area contributed by atoms with E-state index >= 15 is 0 Å². The first kappa shape index (κ1) is 17.8. The third-order valence-corrected chi connectivity index (χ3v) is 4.54. The average Bonchev–Trinajstić information content (AvgIpc) is 3.16. The highest BCUT2D eigenvalue weighted by atomic mass is 16.5. The van der Waals surface area contributed by atoms with Crippen molar-refractivity contribution in [3.63, 3.8) is 0 Å². The number of nitrogens with zero attached hydrogens (tertiary/aromatic N) is 1. The van der Waals surface area contributed by atoms with Crippen LogP contribution in [-0.2, 0) is 0 Å². The summed E-state index contributed by atoms with van der Waals surface area (Å²) in [4.78, 5) is 26.5. The molecule has 2 aromatic rings. The van der Waals surface area contributed by atoms with Crippen LogP contribution in [0.1, 0.15) is 35.0 Å². The van der Waals surface area contributed by atoms with Gasteiger partial charge in [-0.3, -0.25) is 9.59 Å². The van der Waals surface area contributed by atoms with Crippen LogP contribution >= 0.6 is 0 Å². The standard InChI is InChI=1S/C19H21NO6/c1-23-12-6-7-13(16(9-12)24-2)14-5-4-8-20(14)19(22)17-10-15(21)18(25-3)11-26-17/h6-7,9-11,14H,4-5,8H2,1-3H3/t14-/m0/s1. The molecule has 7 heteroatoms. The Bertz CT molecular complexity index is 859. The maximum absolute atomic E-state index is 12.9. The second kappa shape index (κ2) is 7.51. The van der Waals surface area contributed by atoms with Gasteiger partial charge >= 0.3 is 0 Å². The van der Waals surface area contributed by atoms with Crippen LogP contribution in [0.3, 0.4) is 0 Å². The van der Waals surface area contributed by atoms with Gasteiger partial charge in [-0.25, -0.2) is 0 Å². The predicted octanol–water partition coefficient (Wildman–Crippen LogP) is 2.64. The third-order valence-electron chi connectivity index (χ3n) is 4.54. The molecule has 0 unspecified atom stereocenters. The molecule has 7 nitrogen and oxygen atoms in total. The summed E-state index contributed by atoms with van der Waals surface area (Å²) < 4.78 is 20.9. The molecule has 1 saturated heterocycles. The summed E-state index contributed by atoms with van der Waals surface area (Å²) in [5.74, 6) is 1.07. The van der Waals surface area contributed by atoms with Crippen LogP contribution in [0.2, 0.25) is 0 Å². The molecule has 1 amide bonds. The molecule has 2 heterocycles. The Morgan fingerprint density at radius 1 is 1.12 bits per heavy atom. The van der Waals surface area contributed by atoms with E-state index < -0.39 is 0 Å². The first-order chi connectivity index (χ1) is 12.6. The van der Waals surface area contributed by atoms with Crippen molar-refractivity contribution in [1.29, 1.82) is 0 Å². The summed E-state index contributed by atoms with van der Waals surface area (Å²) in [6.45, 7) is 0.578. The molecule has 0 radical (unpaired) electrons. The molecule has 0 bridgehead atoms. The molecule has 0 spiro atoms. The van der Waals surface area contributed by atoms with Gasteiger partial charge in [0.25, 0.3) is 5.91 Å². The monoisotopic (exact) mass is 359 g/mol. The Labute approximate surface area is 151 Å². The van der Waals surface area contributed by atoms with Gasteiger partial charge in [0.1, 0.15) is 17.8 Å². The number of carbonyl (C=O) groups is 1. The van der Waals surface area contributed by atoms with E-state index in [1.807, 2.05) is 12.1 Å². The van der Waals surface area contributed by atoms with Crippen LogP contribution in [0.5, 0.6) is 17.2 Å². The van der Waals surface area contributed by atoms with E-state index in [1.54, 1.807) is 25.2 Å². The maximum Gasteiger partial charge on any atom is 0.290 e. The molecule has 1 aliphatic heterocycles. The predicted molar refractivity (Wildman–Crippen MR) is 94.1 cm³/mol.